The largest absolute Gasteiger partial charge is 0.463 e. The maximum Gasteiger partial charge on any atom is 0.330 e. The van der Waals surface area contributed by atoms with Crippen molar-refractivity contribution < 1.29 is 19.7 Å². The molecular weight excluding hydrogens is 220 g/mol. The average molecular weight is 242 g/mol. The second kappa shape index (κ2) is 6.17. The Morgan fingerprint density at radius 1 is 1.59 bits per heavy atom. The molecular formula is C13H22O4. The van der Waals surface area contributed by atoms with Gasteiger partial charge in [-0.25, -0.2) is 9.68 Å². The van der Waals surface area contributed by atoms with Crippen LogP contribution < -0.4 is 0 Å². The third-order valence-corrected chi connectivity index (χ3v) is 3.39. The van der Waals surface area contributed by atoms with Gasteiger partial charge < -0.3 is 4.74 Å². The van der Waals surface area contributed by atoms with E-state index < -0.39 is 5.60 Å². The van der Waals surface area contributed by atoms with Crippen LogP contribution in [0.3, 0.4) is 0 Å². The van der Waals surface area contributed by atoms with Crippen molar-refractivity contribution in [1.82, 2.24) is 0 Å². The summed E-state index contributed by atoms with van der Waals surface area (Å²) in [7, 11) is 0. The SMILES string of the molecule is CCOC(=O)/C=C1\CCC[C@H](C(C)(C)OO)C1. The van der Waals surface area contributed by atoms with Gasteiger partial charge >= 0.3 is 5.97 Å². The van der Waals surface area contributed by atoms with Crippen LogP contribution in [0.1, 0.15) is 46.5 Å². The van der Waals surface area contributed by atoms with Crippen LogP contribution in [0.2, 0.25) is 0 Å². The van der Waals surface area contributed by atoms with Gasteiger partial charge in [-0.1, -0.05) is 5.57 Å². The summed E-state index contributed by atoms with van der Waals surface area (Å²) in [6, 6.07) is 0. The molecule has 0 aromatic rings. The summed E-state index contributed by atoms with van der Waals surface area (Å²) in [4.78, 5) is 15.9. The first-order valence-electron chi connectivity index (χ1n) is 6.18. The second-order valence-corrected chi connectivity index (χ2v) is 5.04. The highest BCUT2D eigenvalue weighted by atomic mass is 17.1. The maximum absolute atomic E-state index is 11.4. The van der Waals surface area contributed by atoms with E-state index in [0.29, 0.717) is 6.61 Å². The zero-order valence-corrected chi connectivity index (χ0v) is 10.9. The Labute approximate surface area is 103 Å². The second-order valence-electron chi connectivity index (χ2n) is 5.04. The van der Waals surface area contributed by atoms with Gasteiger partial charge in [-0.15, -0.1) is 0 Å². The molecule has 0 unspecified atom stereocenters. The lowest BCUT2D eigenvalue weighted by Crippen LogP contribution is -2.35. The van der Waals surface area contributed by atoms with Crippen molar-refractivity contribution in [2.75, 3.05) is 6.61 Å². The van der Waals surface area contributed by atoms with Gasteiger partial charge in [0.15, 0.2) is 0 Å². The molecule has 0 aromatic carbocycles. The molecule has 1 saturated carbocycles. The fraction of sp³-hybridized carbons (Fsp3) is 0.769. The van der Waals surface area contributed by atoms with Crippen LogP contribution in [-0.4, -0.2) is 23.4 Å². The minimum Gasteiger partial charge on any atom is -0.463 e. The van der Waals surface area contributed by atoms with E-state index in [4.69, 9.17) is 9.99 Å². The summed E-state index contributed by atoms with van der Waals surface area (Å²) in [5.74, 6) is -0.0344. The fourth-order valence-corrected chi connectivity index (χ4v) is 2.25. The van der Waals surface area contributed by atoms with Gasteiger partial charge in [0.1, 0.15) is 5.60 Å². The highest BCUT2D eigenvalue weighted by Crippen LogP contribution is 2.36. The molecule has 0 heterocycles. The number of carbonyl (C=O) groups is 1. The van der Waals surface area contributed by atoms with Crippen molar-refractivity contribution in [3.63, 3.8) is 0 Å². The number of esters is 1. The summed E-state index contributed by atoms with van der Waals surface area (Å²) in [6.07, 6.45) is 5.32. The van der Waals surface area contributed by atoms with E-state index in [1.165, 1.54) is 0 Å². The van der Waals surface area contributed by atoms with Gasteiger partial charge in [0.2, 0.25) is 0 Å². The first-order valence-corrected chi connectivity index (χ1v) is 6.18. The molecule has 17 heavy (non-hydrogen) atoms. The van der Waals surface area contributed by atoms with Crippen LogP contribution in [0.15, 0.2) is 11.6 Å². The van der Waals surface area contributed by atoms with E-state index in [1.54, 1.807) is 13.0 Å². The van der Waals surface area contributed by atoms with Gasteiger partial charge in [0.25, 0.3) is 0 Å². The van der Waals surface area contributed by atoms with Gasteiger partial charge in [0, 0.05) is 6.08 Å². The van der Waals surface area contributed by atoms with E-state index in [1.807, 2.05) is 13.8 Å². The molecule has 1 aliphatic rings. The topological polar surface area (TPSA) is 55.8 Å². The normalized spacial score (nSPS) is 23.8. The first-order chi connectivity index (χ1) is 7.99. The van der Waals surface area contributed by atoms with Crippen molar-refractivity contribution in [3.8, 4) is 0 Å². The standard InChI is InChI=1S/C13H22O4/c1-4-16-12(14)9-10-6-5-7-11(8-10)13(2,3)17-15/h9,11,15H,4-8H2,1-3H3/b10-9+/t11-/m0/s1. The van der Waals surface area contributed by atoms with Crippen molar-refractivity contribution in [2.45, 2.75) is 52.1 Å². The molecule has 0 aromatic heterocycles. The maximum atomic E-state index is 11.4. The van der Waals surface area contributed by atoms with Crippen LogP contribution in [-0.2, 0) is 14.4 Å². The van der Waals surface area contributed by atoms with E-state index in [-0.39, 0.29) is 11.9 Å². The quantitative estimate of drug-likeness (QED) is 0.356. The zero-order valence-electron chi connectivity index (χ0n) is 10.9. The van der Waals surface area contributed by atoms with E-state index in [9.17, 15) is 4.79 Å². The Hall–Kier alpha value is -0.870. The molecule has 4 nitrogen and oxygen atoms in total. The van der Waals surface area contributed by atoms with E-state index in [0.717, 1.165) is 31.3 Å². The van der Waals surface area contributed by atoms with Crippen LogP contribution in [0, 0.1) is 5.92 Å². The summed E-state index contributed by atoms with van der Waals surface area (Å²) in [6.45, 7) is 5.93. The summed E-state index contributed by atoms with van der Waals surface area (Å²) >= 11 is 0. The Kier molecular flexibility index (Phi) is 5.15. The predicted molar refractivity (Wildman–Crippen MR) is 64.5 cm³/mol. The molecule has 4 heteroatoms. The minimum absolute atomic E-state index is 0.238. The lowest BCUT2D eigenvalue weighted by molar-refractivity contribution is -0.327. The molecule has 0 aliphatic heterocycles. The monoisotopic (exact) mass is 242 g/mol. The Morgan fingerprint density at radius 2 is 2.29 bits per heavy atom. The lowest BCUT2D eigenvalue weighted by atomic mass is 9.76. The average Bonchev–Trinajstić information content (AvgIpc) is 2.29. The first kappa shape index (κ1) is 14.2. The molecule has 1 aliphatic carbocycles. The van der Waals surface area contributed by atoms with Gasteiger partial charge in [-0.2, -0.15) is 0 Å². The number of hydrogen-bond donors (Lipinski definition) is 1. The third-order valence-electron chi connectivity index (χ3n) is 3.39. The van der Waals surface area contributed by atoms with Crippen LogP contribution in [0.5, 0.6) is 0 Å². The molecule has 1 N–H and O–H groups in total. The summed E-state index contributed by atoms with van der Waals surface area (Å²) < 4.78 is 4.90. The predicted octanol–water partition coefficient (Wildman–Crippen LogP) is 2.93. The highest BCUT2D eigenvalue weighted by molar-refractivity contribution is 5.82. The lowest BCUT2D eigenvalue weighted by Gasteiger charge is -2.34. The molecule has 0 bridgehead atoms. The zero-order chi connectivity index (χ0) is 12.9. The number of allylic oxidation sites excluding steroid dienone is 1. The number of hydrogen-bond acceptors (Lipinski definition) is 4. The van der Waals surface area contributed by atoms with E-state index >= 15 is 0 Å². The Bertz CT molecular complexity index is 294. The van der Waals surface area contributed by atoms with Crippen LogP contribution in [0.25, 0.3) is 0 Å². The fourth-order valence-electron chi connectivity index (χ4n) is 2.25. The molecule has 0 saturated heterocycles. The molecule has 98 valence electrons. The van der Waals surface area contributed by atoms with Crippen molar-refractivity contribution >= 4 is 5.97 Å². The third kappa shape index (κ3) is 4.13. The van der Waals surface area contributed by atoms with Crippen molar-refractivity contribution in [3.05, 3.63) is 11.6 Å². The molecule has 0 spiro atoms. The van der Waals surface area contributed by atoms with Gasteiger partial charge in [-0.05, 0) is 52.4 Å². The smallest absolute Gasteiger partial charge is 0.330 e. The number of carbonyl (C=O) groups excluding carboxylic acids is 1. The summed E-state index contributed by atoms with van der Waals surface area (Å²) in [5.41, 5.74) is 0.526. The molecule has 1 atom stereocenters. The van der Waals surface area contributed by atoms with Crippen LogP contribution in [0.4, 0.5) is 0 Å². The van der Waals surface area contributed by atoms with Crippen molar-refractivity contribution in [1.29, 1.82) is 0 Å². The number of rotatable bonds is 4. The molecule has 1 rings (SSSR count). The van der Waals surface area contributed by atoms with Crippen LogP contribution >= 0.6 is 0 Å². The van der Waals surface area contributed by atoms with E-state index in [2.05, 4.69) is 4.89 Å². The van der Waals surface area contributed by atoms with Gasteiger partial charge in [-0.3, -0.25) is 5.26 Å². The van der Waals surface area contributed by atoms with Crippen molar-refractivity contribution in [2.24, 2.45) is 5.92 Å². The Morgan fingerprint density at radius 3 is 2.88 bits per heavy atom. The number of ether oxygens (including phenoxy) is 1. The van der Waals surface area contributed by atoms with Gasteiger partial charge in [0.05, 0.1) is 6.61 Å². The highest BCUT2D eigenvalue weighted by Gasteiger charge is 2.33. The minimum atomic E-state index is -0.561. The Balaban J connectivity index is 2.63. The summed E-state index contributed by atoms with van der Waals surface area (Å²) in [5, 5.41) is 8.89. The molecule has 0 radical (unpaired) electrons. The molecule has 0 amide bonds. The molecule has 1 fully saturated rings.